The maximum atomic E-state index is 12.8. The molecule has 1 N–H and O–H groups in total. The monoisotopic (exact) mass is 280 g/mol. The normalized spacial score (nSPS) is 17.3. The highest BCUT2D eigenvalue weighted by Crippen LogP contribution is 2.27. The Balaban J connectivity index is 1.97. The van der Waals surface area contributed by atoms with Crippen LogP contribution in [0.1, 0.15) is 12.8 Å². The molecule has 1 aliphatic rings. The Labute approximate surface area is 123 Å². The maximum absolute atomic E-state index is 12.8. The average molecular weight is 280 g/mol. The zero-order valence-electron chi connectivity index (χ0n) is 11.5. The van der Waals surface area contributed by atoms with Crippen molar-refractivity contribution in [3.05, 3.63) is 60.7 Å². The van der Waals surface area contributed by atoms with Crippen molar-refractivity contribution in [2.24, 2.45) is 0 Å². The molecule has 0 unspecified atom stereocenters. The molecule has 1 fully saturated rings. The molecule has 3 rings (SSSR count). The molecular formula is C17H16N2O2. The fraction of sp³-hybridized carbons (Fsp3) is 0.176. The molecular weight excluding hydrogens is 264 g/mol. The molecule has 4 nitrogen and oxygen atoms in total. The molecule has 0 saturated carbocycles. The van der Waals surface area contributed by atoms with Crippen molar-refractivity contribution < 1.29 is 9.59 Å². The van der Waals surface area contributed by atoms with Crippen LogP contribution in [0.4, 0.5) is 11.4 Å². The molecule has 1 heterocycles. The second-order valence-corrected chi connectivity index (χ2v) is 5.00. The summed E-state index contributed by atoms with van der Waals surface area (Å²) < 4.78 is 0. The molecule has 1 aliphatic heterocycles. The second-order valence-electron chi connectivity index (χ2n) is 5.00. The minimum atomic E-state index is -0.446. The van der Waals surface area contributed by atoms with E-state index in [-0.39, 0.29) is 11.8 Å². The second kappa shape index (κ2) is 5.79. The standard InChI is InChI=1S/C17H16N2O2/c20-16-12-11-15(18-16)17(21)19(13-7-3-1-4-8-13)14-9-5-2-6-10-14/h1-10,15H,11-12H2,(H,18,20)/t15-/m0/s1. The van der Waals surface area contributed by atoms with Gasteiger partial charge in [0.25, 0.3) is 5.91 Å². The fourth-order valence-electron chi connectivity index (χ4n) is 2.51. The number of rotatable bonds is 3. The summed E-state index contributed by atoms with van der Waals surface area (Å²) in [4.78, 5) is 25.8. The first-order valence-electron chi connectivity index (χ1n) is 6.99. The molecule has 2 aromatic rings. The number of para-hydroxylation sites is 2. The number of carbonyl (C=O) groups excluding carboxylic acids is 2. The van der Waals surface area contributed by atoms with Crippen molar-refractivity contribution in [2.45, 2.75) is 18.9 Å². The van der Waals surface area contributed by atoms with Crippen molar-refractivity contribution in [1.82, 2.24) is 5.32 Å². The largest absolute Gasteiger partial charge is 0.344 e. The lowest BCUT2D eigenvalue weighted by molar-refractivity contribution is -0.123. The number of amides is 2. The van der Waals surface area contributed by atoms with Gasteiger partial charge in [-0.2, -0.15) is 0 Å². The molecule has 21 heavy (non-hydrogen) atoms. The van der Waals surface area contributed by atoms with Crippen molar-refractivity contribution in [2.75, 3.05) is 4.90 Å². The van der Waals surface area contributed by atoms with E-state index in [4.69, 9.17) is 0 Å². The van der Waals surface area contributed by atoms with E-state index in [0.29, 0.717) is 12.8 Å². The first-order chi connectivity index (χ1) is 10.3. The van der Waals surface area contributed by atoms with Crippen molar-refractivity contribution in [1.29, 1.82) is 0 Å². The molecule has 0 spiro atoms. The van der Waals surface area contributed by atoms with Crippen LogP contribution in [0, 0.1) is 0 Å². The van der Waals surface area contributed by atoms with Crippen molar-refractivity contribution in [3.8, 4) is 0 Å². The molecule has 4 heteroatoms. The van der Waals surface area contributed by atoms with Gasteiger partial charge < -0.3 is 5.32 Å². The summed E-state index contributed by atoms with van der Waals surface area (Å²) in [5, 5.41) is 2.74. The van der Waals surface area contributed by atoms with Crippen LogP contribution in [0.2, 0.25) is 0 Å². The summed E-state index contributed by atoms with van der Waals surface area (Å²) in [5.41, 5.74) is 1.60. The number of carbonyl (C=O) groups is 2. The van der Waals surface area contributed by atoms with Gasteiger partial charge in [-0.15, -0.1) is 0 Å². The number of benzene rings is 2. The quantitative estimate of drug-likeness (QED) is 0.939. The number of hydrogen-bond donors (Lipinski definition) is 1. The maximum Gasteiger partial charge on any atom is 0.254 e. The summed E-state index contributed by atoms with van der Waals surface area (Å²) in [6.07, 6.45) is 0.960. The van der Waals surface area contributed by atoms with E-state index in [2.05, 4.69) is 5.32 Å². The fourth-order valence-corrected chi connectivity index (χ4v) is 2.51. The summed E-state index contributed by atoms with van der Waals surface area (Å²) in [5.74, 6) is -0.160. The highest BCUT2D eigenvalue weighted by Gasteiger charge is 2.32. The van der Waals surface area contributed by atoms with Gasteiger partial charge in [0, 0.05) is 17.8 Å². The molecule has 0 aliphatic carbocycles. The molecule has 1 atom stereocenters. The topological polar surface area (TPSA) is 49.4 Å². The zero-order chi connectivity index (χ0) is 14.7. The lowest BCUT2D eigenvalue weighted by Crippen LogP contribution is -2.42. The molecule has 0 radical (unpaired) electrons. The summed E-state index contributed by atoms with van der Waals surface area (Å²) in [6, 6.07) is 18.5. The van der Waals surface area contributed by atoms with Gasteiger partial charge in [-0.25, -0.2) is 0 Å². The van der Waals surface area contributed by atoms with Gasteiger partial charge in [-0.05, 0) is 30.7 Å². The Bertz CT molecular complexity index is 601. The highest BCUT2D eigenvalue weighted by molar-refractivity contribution is 6.05. The van der Waals surface area contributed by atoms with E-state index in [1.54, 1.807) is 4.90 Å². The van der Waals surface area contributed by atoms with Gasteiger partial charge in [0.2, 0.25) is 5.91 Å². The third kappa shape index (κ3) is 2.79. The first-order valence-corrected chi connectivity index (χ1v) is 6.99. The Hall–Kier alpha value is -2.62. The molecule has 106 valence electrons. The molecule has 0 bridgehead atoms. The SMILES string of the molecule is O=C1CC[C@@H](C(=O)N(c2ccccc2)c2ccccc2)N1. The minimum absolute atomic E-state index is 0.0607. The third-order valence-corrected chi connectivity index (χ3v) is 3.54. The Kier molecular flexibility index (Phi) is 3.69. The van der Waals surface area contributed by atoms with Gasteiger partial charge in [-0.3, -0.25) is 14.5 Å². The lowest BCUT2D eigenvalue weighted by Gasteiger charge is -2.25. The summed E-state index contributed by atoms with van der Waals surface area (Å²) in [6.45, 7) is 0. The van der Waals surface area contributed by atoms with Crippen LogP contribution < -0.4 is 10.2 Å². The van der Waals surface area contributed by atoms with Gasteiger partial charge in [0.15, 0.2) is 0 Å². The predicted molar refractivity (Wildman–Crippen MR) is 81.2 cm³/mol. The lowest BCUT2D eigenvalue weighted by atomic mass is 10.1. The van der Waals surface area contributed by atoms with E-state index in [1.807, 2.05) is 60.7 Å². The third-order valence-electron chi connectivity index (χ3n) is 3.54. The Morgan fingerprint density at radius 2 is 1.48 bits per heavy atom. The summed E-state index contributed by atoms with van der Waals surface area (Å²) >= 11 is 0. The molecule has 1 saturated heterocycles. The van der Waals surface area contributed by atoms with Crippen molar-refractivity contribution >= 4 is 23.2 Å². The van der Waals surface area contributed by atoms with Crippen LogP contribution in [-0.2, 0) is 9.59 Å². The summed E-state index contributed by atoms with van der Waals surface area (Å²) in [7, 11) is 0. The number of nitrogens with one attached hydrogen (secondary N) is 1. The van der Waals surface area contributed by atoms with Crippen LogP contribution in [0.5, 0.6) is 0 Å². The Morgan fingerprint density at radius 1 is 0.952 bits per heavy atom. The molecule has 2 aromatic carbocycles. The first kappa shape index (κ1) is 13.4. The van der Waals surface area contributed by atoms with E-state index >= 15 is 0 Å². The minimum Gasteiger partial charge on any atom is -0.344 e. The van der Waals surface area contributed by atoms with Crippen LogP contribution in [0.25, 0.3) is 0 Å². The van der Waals surface area contributed by atoms with Crippen LogP contribution in [0.3, 0.4) is 0 Å². The van der Waals surface area contributed by atoms with Gasteiger partial charge in [-0.1, -0.05) is 36.4 Å². The number of hydrogen-bond acceptors (Lipinski definition) is 2. The Morgan fingerprint density at radius 3 is 1.90 bits per heavy atom. The van der Waals surface area contributed by atoms with Gasteiger partial charge >= 0.3 is 0 Å². The van der Waals surface area contributed by atoms with E-state index < -0.39 is 6.04 Å². The van der Waals surface area contributed by atoms with Crippen LogP contribution in [0.15, 0.2) is 60.7 Å². The van der Waals surface area contributed by atoms with Crippen molar-refractivity contribution in [3.63, 3.8) is 0 Å². The number of anilines is 2. The van der Waals surface area contributed by atoms with Gasteiger partial charge in [0.1, 0.15) is 6.04 Å². The predicted octanol–water partition coefficient (Wildman–Crippen LogP) is 2.63. The molecule has 2 amide bonds. The zero-order valence-corrected chi connectivity index (χ0v) is 11.5. The number of nitrogens with zero attached hydrogens (tertiary/aromatic N) is 1. The molecule has 0 aromatic heterocycles. The van der Waals surface area contributed by atoms with Crippen LogP contribution >= 0.6 is 0 Å². The van der Waals surface area contributed by atoms with Gasteiger partial charge in [0.05, 0.1) is 0 Å². The van der Waals surface area contributed by atoms with Crippen LogP contribution in [-0.4, -0.2) is 17.9 Å². The van der Waals surface area contributed by atoms with E-state index in [9.17, 15) is 9.59 Å². The highest BCUT2D eigenvalue weighted by atomic mass is 16.2. The van der Waals surface area contributed by atoms with E-state index in [1.165, 1.54) is 0 Å². The smallest absolute Gasteiger partial charge is 0.254 e. The van der Waals surface area contributed by atoms with E-state index in [0.717, 1.165) is 11.4 Å². The average Bonchev–Trinajstić information content (AvgIpc) is 2.96.